The Bertz CT molecular complexity index is 887. The molecule has 1 saturated carbocycles. The Morgan fingerprint density at radius 1 is 0.808 bits per heavy atom. The van der Waals surface area contributed by atoms with Gasteiger partial charge in [-0.15, -0.1) is 0 Å². The molecule has 2 spiro atoms. The SMILES string of the molecule is Clc1ccc(C2=Cc3ccccc3C23CCC2(CC3)OCCO2)cc1Cl. The molecule has 0 atom stereocenters. The van der Waals surface area contributed by atoms with E-state index in [0.717, 1.165) is 31.2 Å². The summed E-state index contributed by atoms with van der Waals surface area (Å²) in [7, 11) is 0. The van der Waals surface area contributed by atoms with Crippen molar-refractivity contribution in [2.45, 2.75) is 36.9 Å². The van der Waals surface area contributed by atoms with Gasteiger partial charge in [0, 0.05) is 18.3 Å². The van der Waals surface area contributed by atoms with Crippen LogP contribution in [0.3, 0.4) is 0 Å². The largest absolute Gasteiger partial charge is 0.348 e. The van der Waals surface area contributed by atoms with E-state index in [1.165, 1.54) is 16.7 Å². The summed E-state index contributed by atoms with van der Waals surface area (Å²) in [5.74, 6) is -0.370. The highest BCUT2D eigenvalue weighted by atomic mass is 35.5. The molecular weight excluding hydrogens is 367 g/mol. The van der Waals surface area contributed by atoms with Gasteiger partial charge in [0.1, 0.15) is 0 Å². The summed E-state index contributed by atoms with van der Waals surface area (Å²) in [6, 6.07) is 14.7. The highest BCUT2D eigenvalue weighted by Crippen LogP contribution is 2.57. The van der Waals surface area contributed by atoms with Gasteiger partial charge in [0.05, 0.1) is 23.3 Å². The summed E-state index contributed by atoms with van der Waals surface area (Å²) >= 11 is 12.5. The predicted octanol–water partition coefficient (Wildman–Crippen LogP) is 6.10. The van der Waals surface area contributed by atoms with Crippen LogP contribution in [0.5, 0.6) is 0 Å². The number of rotatable bonds is 1. The number of halogens is 2. The van der Waals surface area contributed by atoms with E-state index in [1.54, 1.807) is 0 Å². The van der Waals surface area contributed by atoms with Crippen molar-refractivity contribution in [2.24, 2.45) is 0 Å². The molecule has 1 heterocycles. The van der Waals surface area contributed by atoms with Gasteiger partial charge in [0.2, 0.25) is 0 Å². The second-order valence-electron chi connectivity index (χ2n) is 7.46. The molecule has 2 aliphatic carbocycles. The lowest BCUT2D eigenvalue weighted by molar-refractivity contribution is -0.182. The van der Waals surface area contributed by atoms with Crippen molar-refractivity contribution < 1.29 is 9.47 Å². The van der Waals surface area contributed by atoms with Crippen molar-refractivity contribution in [1.29, 1.82) is 0 Å². The molecule has 1 aliphatic heterocycles. The van der Waals surface area contributed by atoms with E-state index in [4.69, 9.17) is 32.7 Å². The first-order valence-corrected chi connectivity index (χ1v) is 9.93. The molecule has 134 valence electrons. The smallest absolute Gasteiger partial charge is 0.168 e. The molecule has 2 fully saturated rings. The summed E-state index contributed by atoms with van der Waals surface area (Å²) in [5.41, 5.74) is 5.20. The van der Waals surface area contributed by atoms with Gasteiger partial charge in [-0.2, -0.15) is 0 Å². The highest BCUT2D eigenvalue weighted by Gasteiger charge is 2.50. The Kier molecular flexibility index (Phi) is 3.95. The molecule has 3 aliphatic rings. The first-order chi connectivity index (χ1) is 12.6. The van der Waals surface area contributed by atoms with Crippen molar-refractivity contribution in [3.05, 3.63) is 69.2 Å². The lowest BCUT2D eigenvalue weighted by Crippen LogP contribution is -2.42. The average molecular weight is 387 g/mol. The van der Waals surface area contributed by atoms with Gasteiger partial charge < -0.3 is 9.47 Å². The third-order valence-corrected chi connectivity index (χ3v) is 6.94. The molecule has 0 aromatic heterocycles. The molecule has 2 aromatic carbocycles. The van der Waals surface area contributed by atoms with Gasteiger partial charge in [-0.25, -0.2) is 0 Å². The third-order valence-electron chi connectivity index (χ3n) is 6.20. The van der Waals surface area contributed by atoms with Crippen molar-refractivity contribution in [3.63, 3.8) is 0 Å². The fraction of sp³-hybridized carbons (Fsp3) is 0.364. The van der Waals surface area contributed by atoms with Gasteiger partial charge in [0.25, 0.3) is 0 Å². The van der Waals surface area contributed by atoms with E-state index in [-0.39, 0.29) is 11.2 Å². The molecule has 5 rings (SSSR count). The summed E-state index contributed by atoms with van der Waals surface area (Å²) in [5, 5.41) is 1.20. The fourth-order valence-electron chi connectivity index (χ4n) is 4.90. The van der Waals surface area contributed by atoms with Gasteiger partial charge in [-0.05, 0) is 53.3 Å². The Labute approximate surface area is 163 Å². The summed E-state index contributed by atoms with van der Waals surface area (Å²) in [4.78, 5) is 0. The van der Waals surface area contributed by atoms with Crippen LogP contribution in [-0.4, -0.2) is 19.0 Å². The Hall–Kier alpha value is -1.32. The highest BCUT2D eigenvalue weighted by molar-refractivity contribution is 6.42. The van der Waals surface area contributed by atoms with Crippen LogP contribution in [0.2, 0.25) is 10.0 Å². The minimum atomic E-state index is -0.370. The average Bonchev–Trinajstić information content (AvgIpc) is 3.24. The number of ether oxygens (including phenoxy) is 2. The van der Waals surface area contributed by atoms with Crippen LogP contribution in [0.1, 0.15) is 42.4 Å². The first-order valence-electron chi connectivity index (χ1n) is 9.17. The van der Waals surface area contributed by atoms with Crippen molar-refractivity contribution >= 4 is 34.9 Å². The van der Waals surface area contributed by atoms with E-state index in [2.05, 4.69) is 36.4 Å². The van der Waals surface area contributed by atoms with E-state index in [0.29, 0.717) is 23.3 Å². The topological polar surface area (TPSA) is 18.5 Å². The Balaban J connectivity index is 1.59. The van der Waals surface area contributed by atoms with Crippen molar-refractivity contribution in [3.8, 4) is 0 Å². The maximum atomic E-state index is 6.33. The van der Waals surface area contributed by atoms with Gasteiger partial charge in [-0.3, -0.25) is 0 Å². The zero-order chi connectivity index (χ0) is 17.8. The molecule has 0 amide bonds. The van der Waals surface area contributed by atoms with Crippen LogP contribution in [-0.2, 0) is 14.9 Å². The first kappa shape index (κ1) is 16.8. The normalized spacial score (nSPS) is 22.6. The molecule has 26 heavy (non-hydrogen) atoms. The maximum absolute atomic E-state index is 6.33. The zero-order valence-electron chi connectivity index (χ0n) is 14.4. The third kappa shape index (κ3) is 2.47. The second kappa shape index (κ2) is 6.10. The van der Waals surface area contributed by atoms with Gasteiger partial charge in [-0.1, -0.05) is 53.5 Å². The molecule has 2 aromatic rings. The van der Waals surface area contributed by atoms with Gasteiger partial charge >= 0.3 is 0 Å². The molecule has 1 saturated heterocycles. The van der Waals surface area contributed by atoms with E-state index >= 15 is 0 Å². The lowest BCUT2D eigenvalue weighted by atomic mass is 9.64. The molecule has 0 radical (unpaired) electrons. The number of allylic oxidation sites excluding steroid dienone is 1. The molecular formula is C22H20Cl2O2. The number of hydrogen-bond acceptors (Lipinski definition) is 2. The Morgan fingerprint density at radius 3 is 2.27 bits per heavy atom. The van der Waals surface area contributed by atoms with Crippen LogP contribution < -0.4 is 0 Å². The van der Waals surface area contributed by atoms with Crippen molar-refractivity contribution in [2.75, 3.05) is 13.2 Å². The predicted molar refractivity (Wildman–Crippen MR) is 106 cm³/mol. The number of fused-ring (bicyclic) bond motifs is 2. The Morgan fingerprint density at radius 2 is 1.54 bits per heavy atom. The lowest BCUT2D eigenvalue weighted by Gasteiger charge is -2.44. The number of hydrogen-bond donors (Lipinski definition) is 0. The van der Waals surface area contributed by atoms with Crippen LogP contribution in [0.4, 0.5) is 0 Å². The quantitative estimate of drug-likeness (QED) is 0.588. The minimum Gasteiger partial charge on any atom is -0.348 e. The molecule has 0 unspecified atom stereocenters. The molecule has 2 nitrogen and oxygen atoms in total. The maximum Gasteiger partial charge on any atom is 0.168 e. The zero-order valence-corrected chi connectivity index (χ0v) is 15.9. The second-order valence-corrected chi connectivity index (χ2v) is 8.28. The monoisotopic (exact) mass is 386 g/mol. The summed E-state index contributed by atoms with van der Waals surface area (Å²) in [6.07, 6.45) is 6.18. The van der Waals surface area contributed by atoms with Crippen molar-refractivity contribution in [1.82, 2.24) is 0 Å². The molecule has 0 N–H and O–H groups in total. The molecule has 0 bridgehead atoms. The minimum absolute atomic E-state index is 0.00564. The fourth-order valence-corrected chi connectivity index (χ4v) is 5.20. The molecule has 4 heteroatoms. The van der Waals surface area contributed by atoms with Gasteiger partial charge in [0.15, 0.2) is 5.79 Å². The van der Waals surface area contributed by atoms with Crippen LogP contribution >= 0.6 is 23.2 Å². The van der Waals surface area contributed by atoms with E-state index < -0.39 is 0 Å². The van der Waals surface area contributed by atoms with Crippen LogP contribution in [0.25, 0.3) is 11.6 Å². The van der Waals surface area contributed by atoms with E-state index in [1.807, 2.05) is 12.1 Å². The standard InChI is InChI=1S/C22H20Cl2O2/c23-19-6-5-16(14-20(19)24)18-13-15-3-1-2-4-17(15)21(18)7-9-22(10-8-21)25-11-12-26-22/h1-6,13-14H,7-12H2. The van der Waals surface area contributed by atoms with Crippen LogP contribution in [0, 0.1) is 0 Å². The summed E-state index contributed by atoms with van der Waals surface area (Å²) < 4.78 is 11.9. The van der Waals surface area contributed by atoms with Crippen LogP contribution in [0.15, 0.2) is 42.5 Å². The summed E-state index contributed by atoms with van der Waals surface area (Å²) in [6.45, 7) is 1.41. The number of benzene rings is 2. The van der Waals surface area contributed by atoms with E-state index in [9.17, 15) is 0 Å².